The van der Waals surface area contributed by atoms with Gasteiger partial charge >= 0.3 is 0 Å². The van der Waals surface area contributed by atoms with E-state index >= 15 is 0 Å². The maximum absolute atomic E-state index is 13.1. The van der Waals surface area contributed by atoms with Gasteiger partial charge in [-0.3, -0.25) is 14.4 Å². The monoisotopic (exact) mass is 441 g/mol. The average molecular weight is 442 g/mol. The van der Waals surface area contributed by atoms with Crippen LogP contribution in [0.3, 0.4) is 0 Å². The number of ether oxygens (including phenoxy) is 1. The molecule has 0 aliphatic carbocycles. The van der Waals surface area contributed by atoms with Crippen LogP contribution in [0.4, 0.5) is 4.39 Å². The van der Waals surface area contributed by atoms with E-state index in [1.807, 2.05) is 13.8 Å². The van der Waals surface area contributed by atoms with Crippen molar-refractivity contribution in [2.24, 2.45) is 5.92 Å². The summed E-state index contributed by atoms with van der Waals surface area (Å²) in [6.07, 6.45) is 0. The Morgan fingerprint density at radius 2 is 1.41 bits per heavy atom. The van der Waals surface area contributed by atoms with E-state index in [0.717, 1.165) is 0 Å². The van der Waals surface area contributed by atoms with E-state index in [-0.39, 0.29) is 23.6 Å². The molecule has 1 saturated heterocycles. The summed E-state index contributed by atoms with van der Waals surface area (Å²) in [5, 5.41) is 2.85. The highest BCUT2D eigenvalue weighted by Gasteiger charge is 2.32. The zero-order valence-corrected chi connectivity index (χ0v) is 18.5. The number of hydrogen-bond donors (Lipinski definition) is 1. The molecule has 1 atom stereocenters. The lowest BCUT2D eigenvalue weighted by atomic mass is 10.0. The summed E-state index contributed by atoms with van der Waals surface area (Å²) in [5.74, 6) is -0.547. The Labute approximate surface area is 187 Å². The molecule has 1 fully saturated rings. The molecule has 3 amide bonds. The van der Waals surface area contributed by atoms with Crippen molar-refractivity contribution >= 4 is 17.7 Å². The zero-order chi connectivity index (χ0) is 23.3. The molecule has 1 aliphatic rings. The van der Waals surface area contributed by atoms with Crippen molar-refractivity contribution in [2.75, 3.05) is 33.3 Å². The average Bonchev–Trinajstić information content (AvgIpc) is 2.82. The maximum Gasteiger partial charge on any atom is 0.253 e. The highest BCUT2D eigenvalue weighted by atomic mass is 19.1. The number of carbonyl (C=O) groups excluding carboxylic acids is 3. The van der Waals surface area contributed by atoms with Gasteiger partial charge in [-0.05, 0) is 54.4 Å². The Bertz CT molecular complexity index is 952. The molecular weight excluding hydrogens is 413 g/mol. The molecule has 0 aromatic heterocycles. The summed E-state index contributed by atoms with van der Waals surface area (Å²) in [6, 6.07) is 11.4. The number of carbonyl (C=O) groups is 3. The molecule has 7 nitrogen and oxygen atoms in total. The largest absolute Gasteiger partial charge is 0.497 e. The Morgan fingerprint density at radius 1 is 0.875 bits per heavy atom. The van der Waals surface area contributed by atoms with Crippen LogP contribution >= 0.6 is 0 Å². The zero-order valence-electron chi connectivity index (χ0n) is 18.5. The maximum atomic E-state index is 13.1. The summed E-state index contributed by atoms with van der Waals surface area (Å²) >= 11 is 0. The van der Waals surface area contributed by atoms with Crippen LogP contribution < -0.4 is 10.1 Å². The Hall–Kier alpha value is -3.42. The molecule has 0 saturated carbocycles. The van der Waals surface area contributed by atoms with Crippen LogP contribution in [-0.2, 0) is 4.79 Å². The van der Waals surface area contributed by atoms with Gasteiger partial charge in [-0.15, -0.1) is 0 Å². The van der Waals surface area contributed by atoms with Crippen molar-refractivity contribution < 1.29 is 23.5 Å². The van der Waals surface area contributed by atoms with Gasteiger partial charge in [0.25, 0.3) is 11.8 Å². The van der Waals surface area contributed by atoms with E-state index in [0.29, 0.717) is 43.1 Å². The molecule has 1 aliphatic heterocycles. The van der Waals surface area contributed by atoms with E-state index in [2.05, 4.69) is 5.32 Å². The van der Waals surface area contributed by atoms with Crippen molar-refractivity contribution in [2.45, 2.75) is 19.9 Å². The fraction of sp³-hybridized carbons (Fsp3) is 0.375. The third kappa shape index (κ3) is 5.43. The number of rotatable bonds is 6. The summed E-state index contributed by atoms with van der Waals surface area (Å²) in [5.41, 5.74) is 0.858. The molecule has 0 unspecified atom stereocenters. The van der Waals surface area contributed by atoms with Gasteiger partial charge in [-0.2, -0.15) is 0 Å². The summed E-state index contributed by atoms with van der Waals surface area (Å²) in [6.45, 7) is 5.25. The SMILES string of the molecule is COc1ccc(C(=O)N[C@@H](C(=O)N2CCN(C(=O)c3ccc(F)cc3)CC2)C(C)C)cc1. The lowest BCUT2D eigenvalue weighted by Gasteiger charge is -2.37. The molecule has 3 rings (SSSR count). The number of methoxy groups -OCH3 is 1. The van der Waals surface area contributed by atoms with Gasteiger partial charge in [-0.25, -0.2) is 4.39 Å². The van der Waals surface area contributed by atoms with Crippen molar-refractivity contribution in [3.8, 4) is 5.75 Å². The lowest BCUT2D eigenvalue weighted by molar-refractivity contribution is -0.135. The molecule has 0 bridgehead atoms. The third-order valence-electron chi connectivity index (χ3n) is 5.54. The van der Waals surface area contributed by atoms with E-state index in [1.54, 1.807) is 41.2 Å². The lowest BCUT2D eigenvalue weighted by Crippen LogP contribution is -2.57. The van der Waals surface area contributed by atoms with Crippen LogP contribution in [0.2, 0.25) is 0 Å². The van der Waals surface area contributed by atoms with Crippen LogP contribution in [-0.4, -0.2) is 66.9 Å². The third-order valence-corrected chi connectivity index (χ3v) is 5.54. The van der Waals surface area contributed by atoms with Crippen LogP contribution in [0, 0.1) is 11.7 Å². The van der Waals surface area contributed by atoms with Gasteiger partial charge < -0.3 is 19.9 Å². The topological polar surface area (TPSA) is 79.0 Å². The van der Waals surface area contributed by atoms with Gasteiger partial charge in [0, 0.05) is 37.3 Å². The first-order valence-corrected chi connectivity index (χ1v) is 10.6. The summed E-state index contributed by atoms with van der Waals surface area (Å²) < 4.78 is 18.2. The fourth-order valence-electron chi connectivity index (χ4n) is 3.58. The predicted octanol–water partition coefficient (Wildman–Crippen LogP) is 2.57. The van der Waals surface area contributed by atoms with Gasteiger partial charge in [0.15, 0.2) is 0 Å². The number of nitrogens with one attached hydrogen (secondary N) is 1. The smallest absolute Gasteiger partial charge is 0.253 e. The van der Waals surface area contributed by atoms with E-state index in [9.17, 15) is 18.8 Å². The van der Waals surface area contributed by atoms with Crippen LogP contribution in [0.1, 0.15) is 34.6 Å². The Morgan fingerprint density at radius 3 is 1.94 bits per heavy atom. The second-order valence-corrected chi connectivity index (χ2v) is 8.05. The number of amides is 3. The second kappa shape index (κ2) is 10.3. The van der Waals surface area contributed by atoms with E-state index in [1.165, 1.54) is 24.3 Å². The molecule has 2 aromatic rings. The van der Waals surface area contributed by atoms with Crippen molar-refractivity contribution in [3.63, 3.8) is 0 Å². The quantitative estimate of drug-likeness (QED) is 0.747. The molecule has 170 valence electrons. The molecule has 1 heterocycles. The predicted molar refractivity (Wildman–Crippen MR) is 118 cm³/mol. The first kappa shape index (κ1) is 23.2. The number of nitrogens with zero attached hydrogens (tertiary/aromatic N) is 2. The molecule has 32 heavy (non-hydrogen) atoms. The van der Waals surface area contributed by atoms with E-state index in [4.69, 9.17) is 4.74 Å². The molecule has 2 aromatic carbocycles. The first-order chi connectivity index (χ1) is 15.3. The minimum atomic E-state index is -0.677. The number of hydrogen-bond acceptors (Lipinski definition) is 4. The second-order valence-electron chi connectivity index (χ2n) is 8.05. The highest BCUT2D eigenvalue weighted by Crippen LogP contribution is 2.15. The van der Waals surface area contributed by atoms with Gasteiger partial charge in [-0.1, -0.05) is 13.8 Å². The Balaban J connectivity index is 1.60. The standard InChI is InChI=1S/C24H28FN3O4/c1-16(2)21(26-22(29)17-6-10-20(32-3)11-7-17)24(31)28-14-12-27(13-15-28)23(30)18-4-8-19(25)9-5-18/h4-11,16,21H,12-15H2,1-3H3,(H,26,29)/t21-/m1/s1. The summed E-state index contributed by atoms with van der Waals surface area (Å²) in [7, 11) is 1.55. The van der Waals surface area contributed by atoms with Crippen LogP contribution in [0.5, 0.6) is 5.75 Å². The molecule has 0 spiro atoms. The minimum Gasteiger partial charge on any atom is -0.497 e. The molecule has 8 heteroatoms. The van der Waals surface area contributed by atoms with Gasteiger partial charge in [0.2, 0.25) is 5.91 Å². The fourth-order valence-corrected chi connectivity index (χ4v) is 3.58. The van der Waals surface area contributed by atoms with Crippen molar-refractivity contribution in [1.29, 1.82) is 0 Å². The van der Waals surface area contributed by atoms with Crippen molar-refractivity contribution in [1.82, 2.24) is 15.1 Å². The Kier molecular flexibility index (Phi) is 7.45. The minimum absolute atomic E-state index is 0.108. The molecular formula is C24H28FN3O4. The number of piperazine rings is 1. The van der Waals surface area contributed by atoms with Crippen molar-refractivity contribution in [3.05, 3.63) is 65.5 Å². The van der Waals surface area contributed by atoms with Gasteiger partial charge in [0.05, 0.1) is 7.11 Å². The normalized spacial score (nSPS) is 14.8. The number of halogens is 1. The first-order valence-electron chi connectivity index (χ1n) is 10.6. The van der Waals surface area contributed by atoms with Gasteiger partial charge in [0.1, 0.15) is 17.6 Å². The molecule has 0 radical (unpaired) electrons. The van der Waals surface area contributed by atoms with E-state index < -0.39 is 11.9 Å². The molecule has 1 N–H and O–H groups in total. The van der Waals surface area contributed by atoms with Crippen LogP contribution in [0.25, 0.3) is 0 Å². The summed E-state index contributed by atoms with van der Waals surface area (Å²) in [4.78, 5) is 41.7. The number of benzene rings is 2. The van der Waals surface area contributed by atoms with Crippen LogP contribution in [0.15, 0.2) is 48.5 Å². The highest BCUT2D eigenvalue weighted by molar-refractivity contribution is 5.98.